The van der Waals surface area contributed by atoms with Crippen molar-refractivity contribution in [2.45, 2.75) is 108 Å². The summed E-state index contributed by atoms with van der Waals surface area (Å²) in [6, 6.07) is 6.84. The standard InChI is InChI=1S/C22H38O3S/c1-3-5-7-9-10-11-13-15-20(14-12-8-6-4-2)21-16-18-22(19-17-21)26(23,24)25/h16-20H,3-15H2,1-2H3,(H,23,24,25). The second-order valence-corrected chi connectivity index (χ2v) is 8.92. The van der Waals surface area contributed by atoms with Crippen LogP contribution in [0.2, 0.25) is 0 Å². The smallest absolute Gasteiger partial charge is 0.282 e. The molecule has 0 spiro atoms. The van der Waals surface area contributed by atoms with Crippen LogP contribution in [0, 0.1) is 0 Å². The Morgan fingerprint density at radius 1 is 0.731 bits per heavy atom. The first-order chi connectivity index (χ1) is 12.5. The van der Waals surface area contributed by atoms with Crippen molar-refractivity contribution in [1.29, 1.82) is 0 Å². The molecule has 0 aliphatic rings. The maximum atomic E-state index is 11.2. The second kappa shape index (κ2) is 13.3. The molecule has 150 valence electrons. The quantitative estimate of drug-likeness (QED) is 0.259. The average molecular weight is 383 g/mol. The molecule has 0 saturated carbocycles. The van der Waals surface area contributed by atoms with Gasteiger partial charge in [-0.1, -0.05) is 96.6 Å². The Morgan fingerprint density at radius 2 is 1.15 bits per heavy atom. The lowest BCUT2D eigenvalue weighted by Gasteiger charge is -2.18. The van der Waals surface area contributed by atoms with Gasteiger partial charge in [0.25, 0.3) is 10.1 Å². The Hall–Kier alpha value is -0.870. The largest absolute Gasteiger partial charge is 0.294 e. The van der Waals surface area contributed by atoms with Gasteiger partial charge in [0.15, 0.2) is 0 Å². The Balaban J connectivity index is 2.54. The zero-order valence-electron chi connectivity index (χ0n) is 16.8. The fraction of sp³-hybridized carbons (Fsp3) is 0.727. The molecule has 1 aromatic carbocycles. The van der Waals surface area contributed by atoms with Crippen LogP contribution in [0.4, 0.5) is 0 Å². The van der Waals surface area contributed by atoms with Gasteiger partial charge in [0, 0.05) is 0 Å². The molecule has 0 bridgehead atoms. The molecule has 1 unspecified atom stereocenters. The van der Waals surface area contributed by atoms with Gasteiger partial charge in [-0.15, -0.1) is 0 Å². The van der Waals surface area contributed by atoms with Gasteiger partial charge in [0.1, 0.15) is 0 Å². The highest BCUT2D eigenvalue weighted by Crippen LogP contribution is 2.29. The lowest BCUT2D eigenvalue weighted by Crippen LogP contribution is -2.02. The van der Waals surface area contributed by atoms with Crippen LogP contribution in [0.1, 0.15) is 109 Å². The van der Waals surface area contributed by atoms with Gasteiger partial charge in [0.2, 0.25) is 0 Å². The summed E-state index contributed by atoms with van der Waals surface area (Å²) in [7, 11) is -4.10. The maximum absolute atomic E-state index is 11.2. The molecule has 1 atom stereocenters. The first-order valence-electron chi connectivity index (χ1n) is 10.6. The Morgan fingerprint density at radius 3 is 1.62 bits per heavy atom. The van der Waals surface area contributed by atoms with E-state index in [-0.39, 0.29) is 4.90 Å². The third-order valence-electron chi connectivity index (χ3n) is 5.21. The third kappa shape index (κ3) is 9.72. The number of rotatable bonds is 15. The zero-order chi connectivity index (χ0) is 19.3. The number of hydrogen-bond acceptors (Lipinski definition) is 2. The Bertz CT molecular complexity index is 564. The molecule has 0 aliphatic heterocycles. The van der Waals surface area contributed by atoms with E-state index in [2.05, 4.69) is 13.8 Å². The van der Waals surface area contributed by atoms with E-state index in [0.29, 0.717) is 5.92 Å². The first-order valence-corrected chi connectivity index (χ1v) is 12.0. The lowest BCUT2D eigenvalue weighted by atomic mass is 9.88. The molecule has 1 aromatic rings. The lowest BCUT2D eigenvalue weighted by molar-refractivity contribution is 0.482. The van der Waals surface area contributed by atoms with Crippen molar-refractivity contribution in [2.75, 3.05) is 0 Å². The highest BCUT2D eigenvalue weighted by molar-refractivity contribution is 7.85. The molecule has 1 rings (SSSR count). The van der Waals surface area contributed by atoms with Gasteiger partial charge in [-0.25, -0.2) is 0 Å². The normalized spacial score (nSPS) is 13.0. The monoisotopic (exact) mass is 382 g/mol. The minimum atomic E-state index is -4.10. The number of hydrogen-bond donors (Lipinski definition) is 1. The molecule has 0 radical (unpaired) electrons. The summed E-state index contributed by atoms with van der Waals surface area (Å²) in [5.41, 5.74) is 1.21. The van der Waals surface area contributed by atoms with Crippen LogP contribution in [-0.2, 0) is 10.1 Å². The van der Waals surface area contributed by atoms with E-state index in [1.807, 2.05) is 12.1 Å². The van der Waals surface area contributed by atoms with Crippen LogP contribution < -0.4 is 0 Å². The van der Waals surface area contributed by atoms with Crippen molar-refractivity contribution in [1.82, 2.24) is 0 Å². The molecular weight excluding hydrogens is 344 g/mol. The van der Waals surface area contributed by atoms with Crippen molar-refractivity contribution in [3.63, 3.8) is 0 Å². The first kappa shape index (κ1) is 23.2. The molecule has 0 amide bonds. The minimum absolute atomic E-state index is 0.0121. The van der Waals surface area contributed by atoms with Crippen molar-refractivity contribution >= 4 is 10.1 Å². The molecule has 0 aliphatic carbocycles. The van der Waals surface area contributed by atoms with Crippen LogP contribution in [0.25, 0.3) is 0 Å². The van der Waals surface area contributed by atoms with Crippen LogP contribution in [0.5, 0.6) is 0 Å². The molecule has 0 heterocycles. The maximum Gasteiger partial charge on any atom is 0.294 e. The average Bonchev–Trinajstić information content (AvgIpc) is 2.62. The van der Waals surface area contributed by atoms with Crippen molar-refractivity contribution < 1.29 is 13.0 Å². The highest BCUT2D eigenvalue weighted by atomic mass is 32.2. The molecule has 0 fully saturated rings. The van der Waals surface area contributed by atoms with E-state index in [0.717, 1.165) is 0 Å². The predicted molar refractivity (Wildman–Crippen MR) is 110 cm³/mol. The highest BCUT2D eigenvalue weighted by Gasteiger charge is 2.14. The van der Waals surface area contributed by atoms with E-state index in [1.54, 1.807) is 0 Å². The van der Waals surface area contributed by atoms with Gasteiger partial charge >= 0.3 is 0 Å². The Kier molecular flexibility index (Phi) is 11.9. The van der Waals surface area contributed by atoms with E-state index in [9.17, 15) is 8.42 Å². The molecule has 0 aromatic heterocycles. The summed E-state index contributed by atoms with van der Waals surface area (Å²) in [5.74, 6) is 0.498. The van der Waals surface area contributed by atoms with E-state index < -0.39 is 10.1 Å². The molecule has 1 N–H and O–H groups in total. The van der Waals surface area contributed by atoms with Gasteiger partial charge in [-0.05, 0) is 36.5 Å². The van der Waals surface area contributed by atoms with Crippen molar-refractivity contribution in [2.24, 2.45) is 0 Å². The number of benzene rings is 1. The summed E-state index contributed by atoms with van der Waals surface area (Å²) < 4.78 is 31.6. The summed E-state index contributed by atoms with van der Waals surface area (Å²) in [6.45, 7) is 4.47. The fourth-order valence-corrected chi connectivity index (χ4v) is 4.04. The second-order valence-electron chi connectivity index (χ2n) is 7.50. The fourth-order valence-electron chi connectivity index (χ4n) is 3.55. The minimum Gasteiger partial charge on any atom is -0.282 e. The van der Waals surface area contributed by atoms with Crippen molar-refractivity contribution in [3.8, 4) is 0 Å². The Labute approximate surface area is 161 Å². The van der Waals surface area contributed by atoms with E-state index >= 15 is 0 Å². The summed E-state index contributed by atoms with van der Waals surface area (Å²) >= 11 is 0. The van der Waals surface area contributed by atoms with E-state index in [4.69, 9.17) is 4.55 Å². The van der Waals surface area contributed by atoms with Gasteiger partial charge in [-0.3, -0.25) is 4.55 Å². The van der Waals surface area contributed by atoms with Crippen LogP contribution >= 0.6 is 0 Å². The molecule has 0 saturated heterocycles. The van der Waals surface area contributed by atoms with Crippen LogP contribution in [-0.4, -0.2) is 13.0 Å². The SMILES string of the molecule is CCCCCCCCCC(CCCCCC)c1ccc(S(=O)(=O)O)cc1. The zero-order valence-corrected chi connectivity index (χ0v) is 17.6. The van der Waals surface area contributed by atoms with Crippen LogP contribution in [0.3, 0.4) is 0 Å². The number of unbranched alkanes of at least 4 members (excludes halogenated alkanes) is 9. The van der Waals surface area contributed by atoms with Crippen molar-refractivity contribution in [3.05, 3.63) is 29.8 Å². The van der Waals surface area contributed by atoms with Gasteiger partial charge in [-0.2, -0.15) is 8.42 Å². The molecule has 26 heavy (non-hydrogen) atoms. The predicted octanol–water partition coefficient (Wildman–Crippen LogP) is 7.13. The summed E-state index contributed by atoms with van der Waals surface area (Å²) in [5, 5.41) is 0. The molecule has 3 nitrogen and oxygen atoms in total. The third-order valence-corrected chi connectivity index (χ3v) is 6.08. The van der Waals surface area contributed by atoms with Gasteiger partial charge < -0.3 is 0 Å². The van der Waals surface area contributed by atoms with E-state index in [1.165, 1.54) is 101 Å². The topological polar surface area (TPSA) is 54.4 Å². The molecule has 4 heteroatoms. The summed E-state index contributed by atoms with van der Waals surface area (Å²) in [6.07, 6.45) is 16.6. The molecular formula is C22H38O3S. The van der Waals surface area contributed by atoms with Gasteiger partial charge in [0.05, 0.1) is 4.90 Å². The van der Waals surface area contributed by atoms with Crippen LogP contribution in [0.15, 0.2) is 29.2 Å². The summed E-state index contributed by atoms with van der Waals surface area (Å²) in [4.78, 5) is -0.0121.